The maximum absolute atomic E-state index is 11.9. The average Bonchev–Trinajstić information content (AvgIpc) is 2.68. The van der Waals surface area contributed by atoms with E-state index in [0.29, 0.717) is 11.5 Å². The van der Waals surface area contributed by atoms with Crippen molar-refractivity contribution in [2.45, 2.75) is 12.7 Å². The van der Waals surface area contributed by atoms with Crippen LogP contribution in [-0.2, 0) is 5.79 Å². The topological polar surface area (TPSA) is 93.1 Å². The van der Waals surface area contributed by atoms with Crippen molar-refractivity contribution in [3.05, 3.63) is 95.6 Å². The zero-order chi connectivity index (χ0) is 20.1. The lowest BCUT2D eigenvalue weighted by atomic mass is 9.95. The summed E-state index contributed by atoms with van der Waals surface area (Å²) in [6.07, 6.45) is 0. The predicted molar refractivity (Wildman–Crippen MR) is 102 cm³/mol. The third-order valence-electron chi connectivity index (χ3n) is 4.11. The largest absolute Gasteiger partial charge is 0.478 e. The Balaban J connectivity index is 2.18. The molecule has 0 unspecified atom stereocenters. The molecular formula is C22H18O6. The van der Waals surface area contributed by atoms with E-state index in [4.69, 9.17) is 9.47 Å². The van der Waals surface area contributed by atoms with Crippen LogP contribution in [0.25, 0.3) is 0 Å². The highest BCUT2D eigenvalue weighted by Gasteiger charge is 2.38. The first-order chi connectivity index (χ1) is 13.4. The first-order valence-corrected chi connectivity index (χ1v) is 8.49. The van der Waals surface area contributed by atoms with Gasteiger partial charge in [0, 0.05) is 6.92 Å². The summed E-state index contributed by atoms with van der Waals surface area (Å²) in [6, 6.07) is 21.7. The van der Waals surface area contributed by atoms with E-state index < -0.39 is 17.7 Å². The van der Waals surface area contributed by atoms with Crippen LogP contribution < -0.4 is 9.47 Å². The van der Waals surface area contributed by atoms with Crippen LogP contribution in [0, 0.1) is 0 Å². The second kappa shape index (κ2) is 7.84. The summed E-state index contributed by atoms with van der Waals surface area (Å²) >= 11 is 0. The standard InChI is InChI=1S/C22H18O6/c1-22(27-15-9-4-2-5-10-15,28-16-11-6-3-7-12-16)18-14-8-13-17(20(23)24)19(18)21(25)26/h2-14H,1H3,(H,23,24)(H,25,26). The SMILES string of the molecule is CC(Oc1ccccc1)(Oc1ccccc1)c1cccc(C(=O)O)c1C(=O)O. The Kier molecular flexibility index (Phi) is 5.31. The number of ether oxygens (including phenoxy) is 2. The van der Waals surface area contributed by atoms with Crippen molar-refractivity contribution in [2.75, 3.05) is 0 Å². The number of benzene rings is 3. The zero-order valence-electron chi connectivity index (χ0n) is 15.0. The maximum atomic E-state index is 11.9. The molecule has 0 radical (unpaired) electrons. The molecule has 6 nitrogen and oxygen atoms in total. The Labute approximate surface area is 161 Å². The minimum atomic E-state index is -1.60. The van der Waals surface area contributed by atoms with E-state index in [1.165, 1.54) is 18.2 Å². The maximum Gasteiger partial charge on any atom is 0.337 e. The van der Waals surface area contributed by atoms with Crippen LogP contribution in [-0.4, -0.2) is 22.2 Å². The van der Waals surface area contributed by atoms with E-state index in [9.17, 15) is 19.8 Å². The van der Waals surface area contributed by atoms with Gasteiger partial charge in [-0.05, 0) is 30.3 Å². The number of rotatable bonds is 7. The van der Waals surface area contributed by atoms with Gasteiger partial charge in [0.15, 0.2) is 0 Å². The molecule has 2 N–H and O–H groups in total. The number of carboxylic acid groups (broad SMARTS) is 2. The van der Waals surface area contributed by atoms with E-state index in [2.05, 4.69) is 0 Å². The van der Waals surface area contributed by atoms with Gasteiger partial charge in [-0.2, -0.15) is 0 Å². The highest BCUT2D eigenvalue weighted by Crippen LogP contribution is 2.34. The fourth-order valence-corrected chi connectivity index (χ4v) is 2.90. The number of carboxylic acids is 2. The molecule has 0 amide bonds. The summed E-state index contributed by atoms with van der Waals surface area (Å²) in [5.74, 6) is -3.44. The molecule has 3 aromatic rings. The molecule has 142 valence electrons. The second-order valence-corrected chi connectivity index (χ2v) is 6.11. The van der Waals surface area contributed by atoms with Crippen LogP contribution in [0.1, 0.15) is 33.2 Å². The van der Waals surface area contributed by atoms with Gasteiger partial charge in [-0.15, -0.1) is 0 Å². The molecule has 0 heterocycles. The predicted octanol–water partition coefficient (Wildman–Crippen LogP) is 4.41. The van der Waals surface area contributed by atoms with Gasteiger partial charge in [0.05, 0.1) is 16.7 Å². The molecule has 3 aromatic carbocycles. The van der Waals surface area contributed by atoms with E-state index in [0.717, 1.165) is 0 Å². The smallest absolute Gasteiger partial charge is 0.337 e. The molecule has 0 saturated carbocycles. The summed E-state index contributed by atoms with van der Waals surface area (Å²) in [5, 5.41) is 19.2. The lowest BCUT2D eigenvalue weighted by Gasteiger charge is -2.33. The van der Waals surface area contributed by atoms with Gasteiger partial charge in [0.1, 0.15) is 11.5 Å². The molecule has 0 fully saturated rings. The van der Waals surface area contributed by atoms with Crippen molar-refractivity contribution in [1.82, 2.24) is 0 Å². The molecule has 0 spiro atoms. The van der Waals surface area contributed by atoms with Crippen LogP contribution in [0.2, 0.25) is 0 Å². The van der Waals surface area contributed by atoms with Crippen molar-refractivity contribution in [1.29, 1.82) is 0 Å². The molecule has 6 heteroatoms. The van der Waals surface area contributed by atoms with Gasteiger partial charge in [0.2, 0.25) is 0 Å². The molecular weight excluding hydrogens is 360 g/mol. The molecule has 28 heavy (non-hydrogen) atoms. The molecule has 0 aliphatic rings. The Morgan fingerprint density at radius 3 is 1.64 bits per heavy atom. The monoisotopic (exact) mass is 378 g/mol. The molecule has 0 bridgehead atoms. The molecule has 3 rings (SSSR count). The Bertz CT molecular complexity index is 941. The zero-order valence-corrected chi connectivity index (χ0v) is 15.0. The fourth-order valence-electron chi connectivity index (χ4n) is 2.90. The van der Waals surface area contributed by atoms with Crippen molar-refractivity contribution in [3.63, 3.8) is 0 Å². The number of para-hydroxylation sites is 2. The Morgan fingerprint density at radius 1 is 0.714 bits per heavy atom. The van der Waals surface area contributed by atoms with Crippen LogP contribution >= 0.6 is 0 Å². The molecule has 0 atom stereocenters. The lowest BCUT2D eigenvalue weighted by molar-refractivity contribution is -0.106. The molecule has 0 saturated heterocycles. The molecule has 0 aliphatic heterocycles. The fraction of sp³-hybridized carbons (Fsp3) is 0.0909. The number of hydrogen-bond donors (Lipinski definition) is 2. The highest BCUT2D eigenvalue weighted by atomic mass is 16.7. The highest BCUT2D eigenvalue weighted by molar-refractivity contribution is 6.03. The first kappa shape index (κ1) is 19.0. The van der Waals surface area contributed by atoms with Crippen molar-refractivity contribution >= 4 is 11.9 Å². The third-order valence-corrected chi connectivity index (χ3v) is 4.11. The van der Waals surface area contributed by atoms with E-state index in [-0.39, 0.29) is 16.7 Å². The first-order valence-electron chi connectivity index (χ1n) is 8.49. The summed E-state index contributed by atoms with van der Waals surface area (Å²) in [6.45, 7) is 1.56. The van der Waals surface area contributed by atoms with E-state index in [1.807, 2.05) is 12.1 Å². The van der Waals surface area contributed by atoms with Crippen molar-refractivity contribution < 1.29 is 29.3 Å². The summed E-state index contributed by atoms with van der Waals surface area (Å²) < 4.78 is 12.1. The van der Waals surface area contributed by atoms with Gasteiger partial charge in [-0.3, -0.25) is 0 Å². The molecule has 0 aromatic heterocycles. The number of hydrogen-bond acceptors (Lipinski definition) is 4. The van der Waals surface area contributed by atoms with Gasteiger partial charge < -0.3 is 19.7 Å². The van der Waals surface area contributed by atoms with Crippen LogP contribution in [0.15, 0.2) is 78.9 Å². The summed E-state index contributed by atoms with van der Waals surface area (Å²) in [5.41, 5.74) is -0.637. The Hall–Kier alpha value is -3.80. The normalized spacial score (nSPS) is 10.9. The third kappa shape index (κ3) is 3.96. The second-order valence-electron chi connectivity index (χ2n) is 6.11. The van der Waals surface area contributed by atoms with Crippen molar-refractivity contribution in [3.8, 4) is 11.5 Å². The van der Waals surface area contributed by atoms with E-state index in [1.54, 1.807) is 55.5 Å². The van der Waals surface area contributed by atoms with E-state index >= 15 is 0 Å². The minimum Gasteiger partial charge on any atom is -0.478 e. The minimum absolute atomic E-state index is 0.0904. The van der Waals surface area contributed by atoms with Gasteiger partial charge in [0.25, 0.3) is 5.79 Å². The average molecular weight is 378 g/mol. The lowest BCUT2D eigenvalue weighted by Crippen LogP contribution is -2.38. The van der Waals surface area contributed by atoms with Crippen LogP contribution in [0.4, 0.5) is 0 Å². The quantitative estimate of drug-likeness (QED) is 0.592. The van der Waals surface area contributed by atoms with Gasteiger partial charge in [-0.1, -0.05) is 48.5 Å². The number of carbonyl (C=O) groups is 2. The van der Waals surface area contributed by atoms with Crippen LogP contribution in [0.3, 0.4) is 0 Å². The van der Waals surface area contributed by atoms with Gasteiger partial charge >= 0.3 is 11.9 Å². The summed E-state index contributed by atoms with van der Waals surface area (Å²) in [4.78, 5) is 23.5. The van der Waals surface area contributed by atoms with Crippen LogP contribution in [0.5, 0.6) is 11.5 Å². The number of aromatic carboxylic acids is 2. The summed E-state index contributed by atoms with van der Waals surface area (Å²) in [7, 11) is 0. The molecule has 0 aliphatic carbocycles. The van der Waals surface area contributed by atoms with Crippen molar-refractivity contribution in [2.24, 2.45) is 0 Å². The van der Waals surface area contributed by atoms with Gasteiger partial charge in [-0.25, -0.2) is 9.59 Å². The Morgan fingerprint density at radius 2 is 1.21 bits per heavy atom.